The number of hydrogen-bond acceptors (Lipinski definition) is 5. The number of nitro benzene ring substituents is 1. The molecule has 26 heavy (non-hydrogen) atoms. The summed E-state index contributed by atoms with van der Waals surface area (Å²) in [6, 6.07) is 9.64. The van der Waals surface area contributed by atoms with Crippen LogP contribution in [0.15, 0.2) is 41.2 Å². The summed E-state index contributed by atoms with van der Waals surface area (Å²) in [5.74, 6) is -0.442. The van der Waals surface area contributed by atoms with E-state index in [4.69, 9.17) is 0 Å². The second-order valence-corrected chi connectivity index (χ2v) is 7.22. The van der Waals surface area contributed by atoms with Crippen LogP contribution in [0.25, 0.3) is 10.2 Å². The first kappa shape index (κ1) is 17.8. The lowest BCUT2D eigenvalue weighted by molar-refractivity contribution is -0.385. The Morgan fingerprint density at radius 1 is 1.23 bits per heavy atom. The molecular weight excluding hydrogens is 354 g/mol. The zero-order chi connectivity index (χ0) is 19.0. The van der Waals surface area contributed by atoms with Crippen LogP contribution in [0.5, 0.6) is 0 Å². The fraction of sp³-hybridized carbons (Fsp3) is 0.222. The van der Waals surface area contributed by atoms with Gasteiger partial charge in [0.05, 0.1) is 15.1 Å². The minimum atomic E-state index is -0.510. The van der Waals surface area contributed by atoms with Crippen LogP contribution in [-0.2, 0) is 0 Å². The standard InChI is InChI=1S/C18H17N3O4S/c1-10(2)20-14-7-6-13(9-16(14)26-18(20)23)19-17(22)12-5-4-11(3)15(8-12)21(24)25/h4-10H,1-3H3,(H,19,22). The lowest BCUT2D eigenvalue weighted by Gasteiger charge is -2.09. The summed E-state index contributed by atoms with van der Waals surface area (Å²) in [6.07, 6.45) is 0. The summed E-state index contributed by atoms with van der Waals surface area (Å²) < 4.78 is 2.48. The monoisotopic (exact) mass is 371 g/mol. The zero-order valence-electron chi connectivity index (χ0n) is 14.5. The third-order valence-corrected chi connectivity index (χ3v) is 4.97. The van der Waals surface area contributed by atoms with Gasteiger partial charge < -0.3 is 5.32 Å². The third-order valence-electron chi connectivity index (χ3n) is 4.06. The quantitative estimate of drug-likeness (QED) is 0.551. The maximum absolute atomic E-state index is 12.4. The van der Waals surface area contributed by atoms with Crippen LogP contribution >= 0.6 is 11.3 Å². The Morgan fingerprint density at radius 3 is 2.62 bits per heavy atom. The molecular formula is C18H17N3O4S. The molecule has 0 saturated carbocycles. The normalized spacial score (nSPS) is 11.1. The number of nitro groups is 1. The minimum absolute atomic E-state index is 0.0461. The molecule has 3 rings (SSSR count). The van der Waals surface area contributed by atoms with Gasteiger partial charge in [0, 0.05) is 28.9 Å². The van der Waals surface area contributed by atoms with Crippen molar-refractivity contribution in [3.8, 4) is 0 Å². The Morgan fingerprint density at radius 2 is 1.96 bits per heavy atom. The van der Waals surface area contributed by atoms with E-state index in [0.29, 0.717) is 11.3 Å². The predicted molar refractivity (Wildman–Crippen MR) is 102 cm³/mol. The molecule has 7 nitrogen and oxygen atoms in total. The molecule has 0 aliphatic carbocycles. The van der Waals surface area contributed by atoms with Crippen molar-refractivity contribution in [1.29, 1.82) is 0 Å². The summed E-state index contributed by atoms with van der Waals surface area (Å²) in [4.78, 5) is 35.0. The van der Waals surface area contributed by atoms with E-state index in [2.05, 4.69) is 5.32 Å². The molecule has 8 heteroatoms. The first-order chi connectivity index (χ1) is 12.3. The number of nitrogens with zero attached hydrogens (tertiary/aromatic N) is 2. The predicted octanol–water partition coefficient (Wildman–Crippen LogP) is 4.11. The van der Waals surface area contributed by atoms with Crippen molar-refractivity contribution in [3.05, 3.63) is 67.3 Å². The summed E-state index contributed by atoms with van der Waals surface area (Å²) in [6.45, 7) is 5.50. The van der Waals surface area contributed by atoms with Crippen molar-refractivity contribution in [2.75, 3.05) is 5.32 Å². The van der Waals surface area contributed by atoms with Crippen LogP contribution in [0.4, 0.5) is 11.4 Å². The van der Waals surface area contributed by atoms with E-state index in [0.717, 1.165) is 21.6 Å². The van der Waals surface area contributed by atoms with E-state index in [1.807, 2.05) is 13.8 Å². The first-order valence-electron chi connectivity index (χ1n) is 7.99. The fourth-order valence-corrected chi connectivity index (χ4v) is 3.81. The molecule has 3 aromatic rings. The lowest BCUT2D eigenvalue weighted by Crippen LogP contribution is -2.14. The number of benzene rings is 2. The number of rotatable bonds is 4. The van der Waals surface area contributed by atoms with Gasteiger partial charge in [0.25, 0.3) is 11.6 Å². The molecule has 1 N–H and O–H groups in total. The van der Waals surface area contributed by atoms with Gasteiger partial charge in [0.2, 0.25) is 0 Å². The van der Waals surface area contributed by atoms with E-state index in [1.165, 1.54) is 6.07 Å². The van der Waals surface area contributed by atoms with Crippen LogP contribution in [0.2, 0.25) is 0 Å². The van der Waals surface area contributed by atoms with Gasteiger partial charge in [-0.25, -0.2) is 0 Å². The van der Waals surface area contributed by atoms with Crippen molar-refractivity contribution in [3.63, 3.8) is 0 Å². The molecule has 0 aliphatic rings. The highest BCUT2D eigenvalue weighted by Crippen LogP contribution is 2.25. The summed E-state index contributed by atoms with van der Waals surface area (Å²) >= 11 is 1.12. The molecule has 0 saturated heterocycles. The van der Waals surface area contributed by atoms with E-state index in [9.17, 15) is 19.7 Å². The molecule has 0 spiro atoms. The molecule has 2 aromatic carbocycles. The van der Waals surface area contributed by atoms with Crippen LogP contribution in [0.1, 0.15) is 35.8 Å². The number of thiazole rings is 1. The number of aryl methyl sites for hydroxylation is 1. The van der Waals surface area contributed by atoms with Crippen LogP contribution in [0, 0.1) is 17.0 Å². The second kappa shape index (κ2) is 6.72. The van der Waals surface area contributed by atoms with Gasteiger partial charge in [-0.2, -0.15) is 0 Å². The van der Waals surface area contributed by atoms with Crippen molar-refractivity contribution in [1.82, 2.24) is 4.57 Å². The maximum atomic E-state index is 12.4. The number of aromatic nitrogens is 1. The molecule has 0 aliphatic heterocycles. The van der Waals surface area contributed by atoms with Crippen LogP contribution in [-0.4, -0.2) is 15.4 Å². The molecule has 1 heterocycles. The van der Waals surface area contributed by atoms with Crippen molar-refractivity contribution < 1.29 is 9.72 Å². The Balaban J connectivity index is 1.92. The topological polar surface area (TPSA) is 94.2 Å². The smallest absolute Gasteiger partial charge is 0.308 e. The number of hydrogen-bond donors (Lipinski definition) is 1. The highest BCUT2D eigenvalue weighted by Gasteiger charge is 2.16. The Hall–Kier alpha value is -3.00. The molecule has 0 fully saturated rings. The number of nitrogens with one attached hydrogen (secondary N) is 1. The van der Waals surface area contributed by atoms with Crippen molar-refractivity contribution >= 4 is 38.8 Å². The molecule has 134 valence electrons. The second-order valence-electron chi connectivity index (χ2n) is 6.23. The lowest BCUT2D eigenvalue weighted by atomic mass is 10.1. The Bertz CT molecular complexity index is 1080. The summed E-state index contributed by atoms with van der Waals surface area (Å²) in [5, 5.41) is 13.8. The maximum Gasteiger partial charge on any atom is 0.308 e. The molecule has 0 unspecified atom stereocenters. The van der Waals surface area contributed by atoms with Gasteiger partial charge in [-0.05, 0) is 45.0 Å². The number of amides is 1. The molecule has 0 atom stereocenters. The molecule has 1 aromatic heterocycles. The Kier molecular flexibility index (Phi) is 4.60. The van der Waals surface area contributed by atoms with E-state index < -0.39 is 10.8 Å². The molecule has 0 bridgehead atoms. The first-order valence-corrected chi connectivity index (χ1v) is 8.81. The average molecular weight is 371 g/mol. The largest absolute Gasteiger partial charge is 0.322 e. The van der Waals surface area contributed by atoms with E-state index >= 15 is 0 Å². The van der Waals surface area contributed by atoms with E-state index in [1.54, 1.807) is 41.8 Å². The SMILES string of the molecule is Cc1ccc(C(=O)Nc2ccc3c(c2)sc(=O)n3C(C)C)cc1[N+](=O)[O-]. The molecule has 0 radical (unpaired) electrons. The number of anilines is 1. The van der Waals surface area contributed by atoms with Gasteiger partial charge in [-0.15, -0.1) is 0 Å². The fourth-order valence-electron chi connectivity index (χ4n) is 2.75. The zero-order valence-corrected chi connectivity index (χ0v) is 15.3. The summed E-state index contributed by atoms with van der Waals surface area (Å²) in [7, 11) is 0. The number of carbonyl (C=O) groups is 1. The Labute approximate surface area is 153 Å². The highest BCUT2D eigenvalue weighted by molar-refractivity contribution is 7.16. The van der Waals surface area contributed by atoms with Crippen molar-refractivity contribution in [2.24, 2.45) is 0 Å². The van der Waals surface area contributed by atoms with Crippen LogP contribution in [0.3, 0.4) is 0 Å². The van der Waals surface area contributed by atoms with Gasteiger partial charge in [-0.3, -0.25) is 24.3 Å². The van der Waals surface area contributed by atoms with Crippen LogP contribution < -0.4 is 10.2 Å². The van der Waals surface area contributed by atoms with Crippen molar-refractivity contribution in [2.45, 2.75) is 26.8 Å². The average Bonchev–Trinajstić information content (AvgIpc) is 2.89. The number of carbonyl (C=O) groups excluding carboxylic acids is 1. The number of fused-ring (bicyclic) bond motifs is 1. The van der Waals surface area contributed by atoms with E-state index in [-0.39, 0.29) is 22.2 Å². The van der Waals surface area contributed by atoms with Gasteiger partial charge in [0.1, 0.15) is 0 Å². The summed E-state index contributed by atoms with van der Waals surface area (Å²) in [5.41, 5.74) is 1.95. The highest BCUT2D eigenvalue weighted by atomic mass is 32.1. The van der Waals surface area contributed by atoms with Gasteiger partial charge >= 0.3 is 4.87 Å². The minimum Gasteiger partial charge on any atom is -0.322 e. The third kappa shape index (κ3) is 3.23. The molecule has 1 amide bonds. The van der Waals surface area contributed by atoms with Gasteiger partial charge in [0.15, 0.2) is 0 Å². The van der Waals surface area contributed by atoms with Gasteiger partial charge in [-0.1, -0.05) is 17.4 Å².